The van der Waals surface area contributed by atoms with Crippen molar-refractivity contribution in [2.45, 2.75) is 26.6 Å². The van der Waals surface area contributed by atoms with Crippen molar-refractivity contribution >= 4 is 0 Å². The Hall–Kier alpha value is -1.90. The molecule has 0 N–H and O–H groups in total. The van der Waals surface area contributed by atoms with Gasteiger partial charge in [-0.15, -0.1) is 13.2 Å². The van der Waals surface area contributed by atoms with Crippen LogP contribution in [0.2, 0.25) is 0 Å². The van der Waals surface area contributed by atoms with E-state index >= 15 is 0 Å². The van der Waals surface area contributed by atoms with E-state index in [4.69, 9.17) is 10.00 Å². The maximum Gasteiger partial charge on any atom is 0.573 e. The van der Waals surface area contributed by atoms with Gasteiger partial charge in [0, 0.05) is 0 Å². The van der Waals surface area contributed by atoms with Gasteiger partial charge in [0.25, 0.3) is 0 Å². The molecule has 3 nitrogen and oxygen atoms in total. The summed E-state index contributed by atoms with van der Waals surface area (Å²) in [5, 5.41) is 8.82. The molecule has 0 aliphatic heterocycles. The molecule has 1 rings (SSSR count). The van der Waals surface area contributed by atoms with Gasteiger partial charge in [-0.3, -0.25) is 0 Å². The van der Waals surface area contributed by atoms with Crippen molar-refractivity contribution in [3.05, 3.63) is 24.3 Å². The highest BCUT2D eigenvalue weighted by Gasteiger charge is 2.32. The minimum Gasteiger partial charge on any atom is -0.490 e. The maximum atomic E-state index is 12.2. The van der Waals surface area contributed by atoms with Crippen molar-refractivity contribution in [1.82, 2.24) is 0 Å². The summed E-state index contributed by atoms with van der Waals surface area (Å²) in [6.07, 6.45) is -4.35. The van der Waals surface area contributed by atoms with Gasteiger partial charge >= 0.3 is 6.36 Å². The highest BCUT2D eigenvalue weighted by atomic mass is 19.4. The Bertz CT molecular complexity index is 464. The second kappa shape index (κ2) is 5.83. The van der Waals surface area contributed by atoms with Gasteiger partial charge in [0.1, 0.15) is 0 Å². The first-order valence-electron chi connectivity index (χ1n) is 5.62. The number of para-hydroxylation sites is 2. The van der Waals surface area contributed by atoms with Crippen molar-refractivity contribution in [1.29, 1.82) is 5.26 Å². The van der Waals surface area contributed by atoms with Crippen LogP contribution in [0.15, 0.2) is 24.3 Å². The van der Waals surface area contributed by atoms with Crippen molar-refractivity contribution in [3.8, 4) is 17.6 Å². The van der Waals surface area contributed by atoms with Crippen LogP contribution in [-0.4, -0.2) is 13.0 Å². The Morgan fingerprint density at radius 2 is 1.74 bits per heavy atom. The van der Waals surface area contributed by atoms with E-state index in [0.717, 1.165) is 0 Å². The predicted molar refractivity (Wildman–Crippen MR) is 62.6 cm³/mol. The van der Waals surface area contributed by atoms with Crippen LogP contribution in [0.5, 0.6) is 11.5 Å². The van der Waals surface area contributed by atoms with E-state index in [0.29, 0.717) is 6.42 Å². The highest BCUT2D eigenvalue weighted by molar-refractivity contribution is 5.39. The molecule has 0 unspecified atom stereocenters. The summed E-state index contributed by atoms with van der Waals surface area (Å²) in [7, 11) is 0. The minimum atomic E-state index is -4.76. The Morgan fingerprint density at radius 1 is 1.16 bits per heavy atom. The second-order valence-corrected chi connectivity index (χ2v) is 4.59. The Kier molecular flexibility index (Phi) is 4.65. The molecular weight excluding hydrogens is 259 g/mol. The fraction of sp³-hybridized carbons (Fsp3) is 0.462. The van der Waals surface area contributed by atoms with Gasteiger partial charge in [0.2, 0.25) is 0 Å². The largest absolute Gasteiger partial charge is 0.573 e. The lowest BCUT2D eigenvalue weighted by atomic mass is 9.92. The van der Waals surface area contributed by atoms with Gasteiger partial charge in [0.15, 0.2) is 11.5 Å². The fourth-order valence-electron chi connectivity index (χ4n) is 1.25. The molecule has 0 heterocycles. The number of nitriles is 1. The number of rotatable bonds is 5. The minimum absolute atomic E-state index is 0.00793. The normalized spacial score (nSPS) is 11.8. The van der Waals surface area contributed by atoms with Gasteiger partial charge in [-0.2, -0.15) is 5.26 Å². The zero-order chi connectivity index (χ0) is 14.5. The van der Waals surface area contributed by atoms with E-state index in [1.165, 1.54) is 18.2 Å². The summed E-state index contributed by atoms with van der Waals surface area (Å²) in [6.45, 7) is 3.60. The van der Waals surface area contributed by atoms with Gasteiger partial charge in [-0.1, -0.05) is 12.1 Å². The molecule has 0 saturated heterocycles. The van der Waals surface area contributed by atoms with Crippen LogP contribution in [0.3, 0.4) is 0 Å². The molecule has 0 aliphatic rings. The molecule has 0 aliphatic carbocycles. The lowest BCUT2D eigenvalue weighted by Gasteiger charge is -2.17. The molecule has 104 valence electrons. The molecule has 0 radical (unpaired) electrons. The third-order valence-corrected chi connectivity index (χ3v) is 2.36. The Balaban J connectivity index is 2.67. The number of alkyl halides is 3. The van der Waals surface area contributed by atoms with Gasteiger partial charge in [-0.05, 0) is 32.4 Å². The summed E-state index contributed by atoms with van der Waals surface area (Å²) in [4.78, 5) is 0. The number of hydrogen-bond acceptors (Lipinski definition) is 3. The lowest BCUT2D eigenvalue weighted by Crippen LogP contribution is -2.18. The quantitative estimate of drug-likeness (QED) is 0.817. The zero-order valence-electron chi connectivity index (χ0n) is 10.6. The SMILES string of the molecule is CC(C)(C#N)CCOc1ccccc1OC(F)(F)F. The third-order valence-electron chi connectivity index (χ3n) is 2.36. The lowest BCUT2D eigenvalue weighted by molar-refractivity contribution is -0.275. The molecule has 0 fully saturated rings. The first-order chi connectivity index (χ1) is 8.73. The van der Waals surface area contributed by atoms with Crippen molar-refractivity contribution in [2.24, 2.45) is 5.41 Å². The predicted octanol–water partition coefficient (Wildman–Crippen LogP) is 3.90. The highest BCUT2D eigenvalue weighted by Crippen LogP contribution is 2.32. The average Bonchev–Trinajstić information content (AvgIpc) is 2.29. The number of benzene rings is 1. The average molecular weight is 273 g/mol. The molecule has 6 heteroatoms. The van der Waals surface area contributed by atoms with Crippen molar-refractivity contribution < 1.29 is 22.6 Å². The van der Waals surface area contributed by atoms with Crippen LogP contribution in [-0.2, 0) is 0 Å². The van der Waals surface area contributed by atoms with Gasteiger partial charge in [0.05, 0.1) is 18.1 Å². The van der Waals surface area contributed by atoms with Crippen LogP contribution in [0, 0.1) is 16.7 Å². The molecule has 0 bridgehead atoms. The van der Waals surface area contributed by atoms with Crippen LogP contribution < -0.4 is 9.47 Å². The van der Waals surface area contributed by atoms with Crippen molar-refractivity contribution in [2.75, 3.05) is 6.61 Å². The molecule has 0 amide bonds. The van der Waals surface area contributed by atoms with Crippen LogP contribution >= 0.6 is 0 Å². The molecule has 0 atom stereocenters. The van der Waals surface area contributed by atoms with E-state index in [1.807, 2.05) is 0 Å². The third kappa shape index (κ3) is 5.51. The number of hydrogen-bond donors (Lipinski definition) is 0. The van der Waals surface area contributed by atoms with E-state index in [2.05, 4.69) is 10.8 Å². The van der Waals surface area contributed by atoms with Crippen LogP contribution in [0.25, 0.3) is 0 Å². The van der Waals surface area contributed by atoms with Crippen molar-refractivity contribution in [3.63, 3.8) is 0 Å². The molecule has 0 aromatic heterocycles. The summed E-state index contributed by atoms with van der Waals surface area (Å²) in [6, 6.07) is 7.63. The second-order valence-electron chi connectivity index (χ2n) is 4.59. The topological polar surface area (TPSA) is 42.2 Å². The molecule has 19 heavy (non-hydrogen) atoms. The van der Waals surface area contributed by atoms with E-state index < -0.39 is 11.8 Å². The van der Waals surface area contributed by atoms with E-state index in [9.17, 15) is 13.2 Å². The van der Waals surface area contributed by atoms with E-state index in [-0.39, 0.29) is 18.1 Å². The zero-order valence-corrected chi connectivity index (χ0v) is 10.6. The summed E-state index contributed by atoms with van der Waals surface area (Å²) >= 11 is 0. The number of ether oxygens (including phenoxy) is 2. The standard InChI is InChI=1S/C13H14F3NO2/c1-12(2,9-17)7-8-18-10-5-3-4-6-11(10)19-13(14,15)16/h3-6H,7-8H2,1-2H3. The molecule has 0 saturated carbocycles. The molecule has 1 aromatic carbocycles. The Morgan fingerprint density at radius 3 is 2.26 bits per heavy atom. The molecule has 0 spiro atoms. The molecular formula is C13H14F3NO2. The Labute approximate surface area is 109 Å². The monoisotopic (exact) mass is 273 g/mol. The summed E-state index contributed by atoms with van der Waals surface area (Å²) < 4.78 is 45.6. The van der Waals surface area contributed by atoms with Crippen LogP contribution in [0.4, 0.5) is 13.2 Å². The maximum absolute atomic E-state index is 12.2. The number of nitrogens with zero attached hydrogens (tertiary/aromatic N) is 1. The molecule has 1 aromatic rings. The first-order valence-corrected chi connectivity index (χ1v) is 5.62. The van der Waals surface area contributed by atoms with Gasteiger partial charge in [-0.25, -0.2) is 0 Å². The first kappa shape index (κ1) is 15.2. The summed E-state index contributed by atoms with van der Waals surface area (Å²) in [5.41, 5.74) is -0.584. The van der Waals surface area contributed by atoms with E-state index in [1.54, 1.807) is 19.9 Å². The smallest absolute Gasteiger partial charge is 0.490 e. The fourth-order valence-corrected chi connectivity index (χ4v) is 1.25. The van der Waals surface area contributed by atoms with Gasteiger partial charge < -0.3 is 9.47 Å². The summed E-state index contributed by atoms with van der Waals surface area (Å²) in [5.74, 6) is -0.377. The van der Waals surface area contributed by atoms with Crippen LogP contribution in [0.1, 0.15) is 20.3 Å². The number of halogens is 3.